The predicted octanol–water partition coefficient (Wildman–Crippen LogP) is -1.90. The molecule has 0 aliphatic carbocycles. The molecule has 0 saturated heterocycles. The molecule has 2 atom stereocenters. The minimum Gasteiger partial charge on any atom is -0.480 e. The molecule has 0 aromatic heterocycles. The van der Waals surface area contributed by atoms with Gasteiger partial charge in [-0.2, -0.15) is 4.99 Å². The van der Waals surface area contributed by atoms with Gasteiger partial charge in [0.2, 0.25) is 0 Å². The molecule has 8 nitrogen and oxygen atoms in total. The van der Waals surface area contributed by atoms with E-state index in [9.17, 15) is 9.90 Å². The van der Waals surface area contributed by atoms with Crippen LogP contribution in [0.4, 0.5) is 0 Å². The van der Waals surface area contributed by atoms with Crippen LogP contribution in [0.15, 0.2) is 4.99 Å². The Morgan fingerprint density at radius 1 is 1.79 bits per heavy atom. The second-order valence-corrected chi connectivity index (χ2v) is 3.10. The van der Waals surface area contributed by atoms with Crippen molar-refractivity contribution in [2.24, 2.45) is 10.7 Å². The number of aliphatic carboxylic acids is 1. The maximum atomic E-state index is 10.4. The Kier molecular flexibility index (Phi) is 2.60. The van der Waals surface area contributed by atoms with Crippen molar-refractivity contribution in [1.82, 2.24) is 5.06 Å². The Morgan fingerprint density at radius 2 is 2.36 bits per heavy atom. The summed E-state index contributed by atoms with van der Waals surface area (Å²) in [6.45, 7) is -0.403. The van der Waals surface area contributed by atoms with E-state index in [1.165, 1.54) is 0 Å². The van der Waals surface area contributed by atoms with Gasteiger partial charge >= 0.3 is 12.0 Å². The highest BCUT2D eigenvalue weighted by Gasteiger charge is 2.40. The van der Waals surface area contributed by atoms with Gasteiger partial charge < -0.3 is 21.1 Å². The normalized spacial score (nSPS) is 28.8. The lowest BCUT2D eigenvalue weighted by molar-refractivity contribution is -0.141. The molecule has 0 amide bonds. The summed E-state index contributed by atoms with van der Waals surface area (Å²) < 4.78 is 0. The lowest BCUT2D eigenvalue weighted by atomic mass is 10.1. The molecule has 0 radical (unpaired) electrons. The van der Waals surface area contributed by atoms with Gasteiger partial charge in [-0.1, -0.05) is 0 Å². The molecule has 80 valence electrons. The van der Waals surface area contributed by atoms with Gasteiger partial charge in [0.1, 0.15) is 6.04 Å². The summed E-state index contributed by atoms with van der Waals surface area (Å²) in [6.07, 6.45) is -0.385. The van der Waals surface area contributed by atoms with Crippen LogP contribution in [0.25, 0.3) is 0 Å². The zero-order valence-corrected chi connectivity index (χ0v) is 7.16. The number of nitrogens with zero attached hydrogens (tertiary/aromatic N) is 2. The summed E-state index contributed by atoms with van der Waals surface area (Å²) in [5, 5.41) is 36.1. The van der Waals surface area contributed by atoms with E-state index in [4.69, 9.17) is 21.2 Å². The SMILES string of the molecule is NC(CC1(O)CN(O)C(O)=N1)C(=O)O. The molecule has 0 spiro atoms. The molecule has 0 fully saturated rings. The number of hydroxylamine groups is 2. The third kappa shape index (κ3) is 2.10. The first-order chi connectivity index (χ1) is 6.34. The average molecular weight is 205 g/mol. The zero-order valence-electron chi connectivity index (χ0n) is 7.16. The van der Waals surface area contributed by atoms with Crippen LogP contribution in [0, 0.1) is 0 Å². The maximum absolute atomic E-state index is 10.4. The minimum atomic E-state index is -1.85. The summed E-state index contributed by atoms with van der Waals surface area (Å²) in [5.74, 6) is -1.29. The topological polar surface area (TPSA) is 140 Å². The molecular weight excluding hydrogens is 194 g/mol. The number of rotatable bonds is 3. The van der Waals surface area contributed by atoms with E-state index in [2.05, 4.69) is 4.99 Å². The molecule has 8 heteroatoms. The summed E-state index contributed by atoms with van der Waals surface area (Å²) in [6, 6.07) is -2.06. The van der Waals surface area contributed by atoms with Crippen LogP contribution >= 0.6 is 0 Å². The van der Waals surface area contributed by atoms with Crippen LogP contribution < -0.4 is 5.73 Å². The van der Waals surface area contributed by atoms with Crippen molar-refractivity contribution in [3.8, 4) is 0 Å². The van der Waals surface area contributed by atoms with Gasteiger partial charge in [-0.25, -0.2) is 5.06 Å². The smallest absolute Gasteiger partial charge is 0.320 e. The Hall–Kier alpha value is -1.38. The fourth-order valence-electron chi connectivity index (χ4n) is 1.14. The molecule has 6 N–H and O–H groups in total. The Balaban J connectivity index is 2.66. The molecule has 14 heavy (non-hydrogen) atoms. The van der Waals surface area contributed by atoms with E-state index >= 15 is 0 Å². The quantitative estimate of drug-likeness (QED) is 0.362. The number of hydrogen-bond donors (Lipinski definition) is 5. The Morgan fingerprint density at radius 3 is 2.71 bits per heavy atom. The van der Waals surface area contributed by atoms with Crippen LogP contribution in [0.1, 0.15) is 6.42 Å². The van der Waals surface area contributed by atoms with E-state index in [1.54, 1.807) is 0 Å². The number of carbonyl (C=O) groups is 1. The fourth-order valence-corrected chi connectivity index (χ4v) is 1.14. The molecular formula is C6H11N3O5. The lowest BCUT2D eigenvalue weighted by Crippen LogP contribution is -2.43. The molecule has 0 bridgehead atoms. The van der Waals surface area contributed by atoms with Gasteiger partial charge in [-0.3, -0.25) is 10.0 Å². The predicted molar refractivity (Wildman–Crippen MR) is 43.7 cm³/mol. The fraction of sp³-hybridized carbons (Fsp3) is 0.667. The van der Waals surface area contributed by atoms with Crippen molar-refractivity contribution in [3.63, 3.8) is 0 Å². The van der Waals surface area contributed by atoms with Crippen LogP contribution in [0.5, 0.6) is 0 Å². The second-order valence-electron chi connectivity index (χ2n) is 3.10. The molecule has 2 unspecified atom stereocenters. The number of amidine groups is 1. The molecule has 0 aromatic carbocycles. The third-order valence-electron chi connectivity index (χ3n) is 1.81. The first-order valence-electron chi connectivity index (χ1n) is 3.80. The standard InChI is InChI=1S/C6H11N3O5/c7-3(4(10)11)1-6(13)2-9(14)5(12)8-6/h3,13-14H,1-2,7H2,(H,8,12)(H,10,11). The van der Waals surface area contributed by atoms with E-state index in [1.807, 2.05) is 0 Å². The minimum absolute atomic E-state index is 0.314. The van der Waals surface area contributed by atoms with E-state index in [0.29, 0.717) is 5.06 Å². The first-order valence-corrected chi connectivity index (χ1v) is 3.80. The van der Waals surface area contributed by atoms with E-state index in [0.717, 1.165) is 0 Å². The summed E-state index contributed by atoms with van der Waals surface area (Å²) >= 11 is 0. The van der Waals surface area contributed by atoms with Crippen molar-refractivity contribution in [1.29, 1.82) is 0 Å². The van der Waals surface area contributed by atoms with Crippen molar-refractivity contribution in [2.75, 3.05) is 6.54 Å². The summed E-state index contributed by atoms with van der Waals surface area (Å²) in [4.78, 5) is 13.7. The summed E-state index contributed by atoms with van der Waals surface area (Å²) in [5.41, 5.74) is 3.31. The average Bonchev–Trinajstić information content (AvgIpc) is 2.25. The highest BCUT2D eigenvalue weighted by molar-refractivity contribution is 5.75. The van der Waals surface area contributed by atoms with Crippen molar-refractivity contribution >= 4 is 12.0 Å². The van der Waals surface area contributed by atoms with Crippen LogP contribution in [-0.4, -0.2) is 55.9 Å². The van der Waals surface area contributed by atoms with Crippen LogP contribution in [0.2, 0.25) is 0 Å². The third-order valence-corrected chi connectivity index (χ3v) is 1.81. The molecule has 1 aliphatic rings. The first kappa shape index (κ1) is 10.7. The Labute approximate surface area is 78.8 Å². The van der Waals surface area contributed by atoms with E-state index in [-0.39, 0.29) is 6.42 Å². The lowest BCUT2D eigenvalue weighted by Gasteiger charge is -2.20. The molecule has 1 rings (SSSR count). The molecule has 0 saturated carbocycles. The number of hydrogen-bond acceptors (Lipinski definition) is 6. The number of nitrogens with two attached hydrogens (primary N) is 1. The Bertz CT molecular complexity index is 281. The molecule has 0 aromatic rings. The van der Waals surface area contributed by atoms with Crippen molar-refractivity contribution < 1.29 is 25.3 Å². The van der Waals surface area contributed by atoms with E-state index < -0.39 is 30.3 Å². The van der Waals surface area contributed by atoms with Gasteiger partial charge in [0.05, 0.1) is 6.54 Å². The van der Waals surface area contributed by atoms with Gasteiger partial charge in [0.15, 0.2) is 5.72 Å². The zero-order chi connectivity index (χ0) is 10.9. The largest absolute Gasteiger partial charge is 0.480 e. The number of aliphatic hydroxyl groups excluding tert-OH is 1. The maximum Gasteiger partial charge on any atom is 0.320 e. The monoisotopic (exact) mass is 205 g/mol. The van der Waals surface area contributed by atoms with Gasteiger partial charge in [0, 0.05) is 6.42 Å². The number of β-amino-alcohol motifs (C(OH)–C–C–N with tert-alkyl or cyclic N) is 1. The van der Waals surface area contributed by atoms with Crippen LogP contribution in [0.3, 0.4) is 0 Å². The van der Waals surface area contributed by atoms with Crippen LogP contribution in [-0.2, 0) is 4.79 Å². The van der Waals surface area contributed by atoms with Crippen molar-refractivity contribution in [3.05, 3.63) is 0 Å². The number of aliphatic hydroxyl groups is 2. The van der Waals surface area contributed by atoms with Crippen molar-refractivity contribution in [2.45, 2.75) is 18.2 Å². The molecule has 1 heterocycles. The molecule has 1 aliphatic heterocycles. The highest BCUT2D eigenvalue weighted by Crippen LogP contribution is 2.21. The second kappa shape index (κ2) is 3.40. The van der Waals surface area contributed by atoms with Gasteiger partial charge in [0.25, 0.3) is 0 Å². The number of aliphatic imine (C=N–C) groups is 1. The highest BCUT2D eigenvalue weighted by atomic mass is 16.5. The van der Waals surface area contributed by atoms with Gasteiger partial charge in [-0.05, 0) is 0 Å². The number of carboxylic acids is 1. The van der Waals surface area contributed by atoms with Gasteiger partial charge in [-0.15, -0.1) is 0 Å². The number of carboxylic acid groups (broad SMARTS) is 1. The summed E-state index contributed by atoms with van der Waals surface area (Å²) in [7, 11) is 0.